The lowest BCUT2D eigenvalue weighted by Gasteiger charge is -2.40. The Morgan fingerprint density at radius 3 is 2.68 bits per heavy atom. The fourth-order valence-corrected chi connectivity index (χ4v) is 4.16. The topological polar surface area (TPSA) is 102 Å². The first-order valence-corrected chi connectivity index (χ1v) is 11.4. The molecule has 1 amide bonds. The third-order valence-electron chi connectivity index (χ3n) is 6.28. The van der Waals surface area contributed by atoms with Crippen molar-refractivity contribution in [1.29, 1.82) is 0 Å². The molecule has 37 heavy (non-hydrogen) atoms. The van der Waals surface area contributed by atoms with Gasteiger partial charge in [-0.15, -0.1) is 0 Å². The first-order chi connectivity index (χ1) is 17.6. The van der Waals surface area contributed by atoms with Crippen LogP contribution in [0.15, 0.2) is 55.0 Å². The van der Waals surface area contributed by atoms with Crippen LogP contribution in [0.5, 0.6) is 11.5 Å². The Kier molecular flexibility index (Phi) is 7.60. The maximum absolute atomic E-state index is 14.6. The van der Waals surface area contributed by atoms with E-state index in [2.05, 4.69) is 10.3 Å². The van der Waals surface area contributed by atoms with Crippen LogP contribution in [0, 0.1) is 16.8 Å². The Hall–Kier alpha value is -3.77. The molecular formula is C25H24F4N4O4. The van der Waals surface area contributed by atoms with E-state index in [9.17, 15) is 32.7 Å². The quantitative estimate of drug-likeness (QED) is 0.280. The molecule has 1 aromatic carbocycles. The second-order valence-electron chi connectivity index (χ2n) is 8.73. The van der Waals surface area contributed by atoms with Crippen LogP contribution in [0.3, 0.4) is 0 Å². The van der Waals surface area contributed by atoms with Crippen molar-refractivity contribution < 1.29 is 36.9 Å². The van der Waals surface area contributed by atoms with Crippen molar-refractivity contribution in [2.75, 3.05) is 18.4 Å². The van der Waals surface area contributed by atoms with Crippen LogP contribution in [0.1, 0.15) is 30.4 Å². The molecule has 1 fully saturated rings. The van der Waals surface area contributed by atoms with E-state index in [-0.39, 0.29) is 36.0 Å². The lowest BCUT2D eigenvalue weighted by molar-refractivity contribution is -0.605. The number of hydrogen-bond acceptors (Lipinski definition) is 6. The highest BCUT2D eigenvalue weighted by Gasteiger charge is 2.46. The summed E-state index contributed by atoms with van der Waals surface area (Å²) in [5, 5.41) is 23.2. The molecule has 1 unspecified atom stereocenters. The molecule has 196 valence electrons. The van der Waals surface area contributed by atoms with E-state index >= 15 is 0 Å². The number of hydrogen-bond donors (Lipinski definition) is 2. The monoisotopic (exact) mass is 520 g/mol. The fraction of sp³-hybridized carbons (Fsp3) is 0.320. The number of ether oxygens (including phenoxy) is 1. The number of carbonyl (C=O) groups excluding carboxylic acids is 1. The Bertz CT molecular complexity index is 1260. The molecule has 2 N–H and O–H groups in total. The number of anilines is 1. The van der Waals surface area contributed by atoms with E-state index in [4.69, 9.17) is 4.74 Å². The summed E-state index contributed by atoms with van der Waals surface area (Å²) in [6, 6.07) is 6.31. The maximum Gasteiger partial charge on any atom is 0.257 e. The van der Waals surface area contributed by atoms with E-state index in [0.717, 1.165) is 18.5 Å². The number of pyridine rings is 2. The Labute approximate surface area is 209 Å². The highest BCUT2D eigenvalue weighted by molar-refractivity contribution is 5.93. The molecule has 12 heteroatoms. The molecular weight excluding hydrogens is 496 g/mol. The number of amides is 1. The minimum atomic E-state index is -2.99. The summed E-state index contributed by atoms with van der Waals surface area (Å²) in [5.74, 6) is -6.62. The van der Waals surface area contributed by atoms with Crippen LogP contribution in [-0.2, 0) is 11.4 Å². The van der Waals surface area contributed by atoms with E-state index in [1.807, 2.05) is 0 Å². The van der Waals surface area contributed by atoms with Gasteiger partial charge in [-0.1, -0.05) is 0 Å². The zero-order valence-corrected chi connectivity index (χ0v) is 19.7. The third kappa shape index (κ3) is 5.97. The van der Waals surface area contributed by atoms with Crippen LogP contribution in [0.4, 0.5) is 23.4 Å². The summed E-state index contributed by atoms with van der Waals surface area (Å²) in [5.41, 5.74) is 0.227. The molecule has 4 rings (SSSR count). The van der Waals surface area contributed by atoms with Crippen molar-refractivity contribution in [2.24, 2.45) is 0 Å². The number of piperidine rings is 1. The minimum absolute atomic E-state index is 0.00308. The average Bonchev–Trinajstić information content (AvgIpc) is 2.86. The summed E-state index contributed by atoms with van der Waals surface area (Å²) in [6.07, 6.45) is 3.09. The largest absolute Gasteiger partial charge is 0.619 e. The predicted molar refractivity (Wildman–Crippen MR) is 124 cm³/mol. The zero-order chi connectivity index (χ0) is 26.7. The molecule has 0 bridgehead atoms. The highest BCUT2D eigenvalue weighted by atomic mass is 19.3. The fourth-order valence-electron chi connectivity index (χ4n) is 4.16. The van der Waals surface area contributed by atoms with Gasteiger partial charge in [0.1, 0.15) is 17.4 Å². The van der Waals surface area contributed by atoms with E-state index < -0.39 is 48.5 Å². The molecule has 0 saturated carbocycles. The van der Waals surface area contributed by atoms with Gasteiger partial charge in [-0.3, -0.25) is 9.69 Å². The summed E-state index contributed by atoms with van der Waals surface area (Å²) in [4.78, 5) is 18.5. The molecule has 2 atom stereocenters. The first-order valence-electron chi connectivity index (χ1n) is 11.4. The summed E-state index contributed by atoms with van der Waals surface area (Å²) < 4.78 is 62.6. The number of benzene rings is 1. The summed E-state index contributed by atoms with van der Waals surface area (Å²) >= 11 is 0. The van der Waals surface area contributed by atoms with Gasteiger partial charge >= 0.3 is 0 Å². The number of carbonyl (C=O) groups is 1. The molecule has 0 aliphatic carbocycles. The van der Waals surface area contributed by atoms with Gasteiger partial charge < -0.3 is 20.4 Å². The Balaban J connectivity index is 1.41. The van der Waals surface area contributed by atoms with Gasteiger partial charge in [0.05, 0.1) is 24.8 Å². The third-order valence-corrected chi connectivity index (χ3v) is 6.28. The van der Waals surface area contributed by atoms with Crippen molar-refractivity contribution in [2.45, 2.75) is 37.8 Å². The van der Waals surface area contributed by atoms with Crippen LogP contribution in [-0.4, -0.2) is 46.0 Å². The molecule has 1 aliphatic heterocycles. The van der Waals surface area contributed by atoms with Gasteiger partial charge in [0, 0.05) is 43.3 Å². The highest BCUT2D eigenvalue weighted by Crippen LogP contribution is 2.40. The number of likely N-dealkylation sites (tertiary alicyclic amines) is 1. The van der Waals surface area contributed by atoms with Crippen LogP contribution >= 0.6 is 0 Å². The number of aliphatic hydroxyl groups excluding tert-OH is 1. The number of rotatable bonds is 7. The molecule has 1 aliphatic rings. The van der Waals surface area contributed by atoms with Gasteiger partial charge in [-0.25, -0.2) is 22.5 Å². The normalized spacial score (nSPS) is 18.3. The number of aromatic nitrogens is 2. The van der Waals surface area contributed by atoms with E-state index in [0.29, 0.717) is 16.4 Å². The zero-order valence-electron chi connectivity index (χ0n) is 19.7. The van der Waals surface area contributed by atoms with Gasteiger partial charge in [-0.2, -0.15) is 4.73 Å². The summed E-state index contributed by atoms with van der Waals surface area (Å²) in [6.45, 7) is 0.873. The number of halogens is 4. The SMILES string of the molecule is CC(C(=O)Nc1ccc(Oc2c(F)cc(F)cc2CO)cn1)N1CCC(F)(F)[C@@H](c2cc[n+]([O-])cc2)C1. The van der Waals surface area contributed by atoms with Gasteiger partial charge in [0.2, 0.25) is 5.91 Å². The number of alkyl halides is 2. The first kappa shape index (κ1) is 26.3. The van der Waals surface area contributed by atoms with Gasteiger partial charge in [0.15, 0.2) is 24.0 Å². The molecule has 0 spiro atoms. The lowest BCUT2D eigenvalue weighted by Crippen LogP contribution is -2.52. The number of nitrogens with one attached hydrogen (secondary N) is 1. The van der Waals surface area contributed by atoms with E-state index in [1.165, 1.54) is 30.5 Å². The lowest BCUT2D eigenvalue weighted by atomic mass is 9.87. The second-order valence-corrected chi connectivity index (χ2v) is 8.73. The van der Waals surface area contributed by atoms with Crippen LogP contribution < -0.4 is 14.8 Å². The van der Waals surface area contributed by atoms with Crippen LogP contribution in [0.2, 0.25) is 0 Å². The van der Waals surface area contributed by atoms with Crippen molar-refractivity contribution in [1.82, 2.24) is 9.88 Å². The molecule has 3 heterocycles. The molecule has 8 nitrogen and oxygen atoms in total. The Morgan fingerprint density at radius 2 is 2.03 bits per heavy atom. The predicted octanol–water partition coefficient (Wildman–Crippen LogP) is 3.73. The van der Waals surface area contributed by atoms with Crippen molar-refractivity contribution in [3.8, 4) is 11.5 Å². The van der Waals surface area contributed by atoms with Crippen molar-refractivity contribution in [3.63, 3.8) is 0 Å². The van der Waals surface area contributed by atoms with Gasteiger partial charge in [0.25, 0.3) is 5.92 Å². The standard InChI is InChI=1S/C25H24F4N4O4/c1-15(32-9-6-25(28,29)20(13-32)16-4-7-33(36)8-5-16)24(35)31-22-3-2-19(12-30-22)37-23-17(14-34)10-18(26)11-21(23)27/h2-5,7-8,10-12,15,20,34H,6,9,13-14H2,1H3,(H,30,31,35)/t15?,20-/m1/s1. The molecule has 3 aromatic rings. The molecule has 1 saturated heterocycles. The smallest absolute Gasteiger partial charge is 0.257 e. The van der Waals surface area contributed by atoms with Crippen LogP contribution in [0.25, 0.3) is 0 Å². The molecule has 2 aromatic heterocycles. The second kappa shape index (κ2) is 10.7. The van der Waals surface area contributed by atoms with Gasteiger partial charge in [-0.05, 0) is 30.7 Å². The number of aliphatic hydroxyl groups is 1. The average molecular weight is 520 g/mol. The summed E-state index contributed by atoms with van der Waals surface area (Å²) in [7, 11) is 0. The Morgan fingerprint density at radius 1 is 1.30 bits per heavy atom. The maximum atomic E-state index is 14.6. The van der Waals surface area contributed by atoms with E-state index in [1.54, 1.807) is 11.8 Å². The molecule has 0 radical (unpaired) electrons. The van der Waals surface area contributed by atoms with Crippen molar-refractivity contribution in [3.05, 3.63) is 83.0 Å². The minimum Gasteiger partial charge on any atom is -0.619 e. The van der Waals surface area contributed by atoms with Crippen molar-refractivity contribution >= 4 is 11.7 Å². The number of nitrogens with zero attached hydrogens (tertiary/aromatic N) is 3.